The van der Waals surface area contributed by atoms with Crippen molar-refractivity contribution in [2.75, 3.05) is 42.4 Å². The summed E-state index contributed by atoms with van der Waals surface area (Å²) in [5, 5.41) is 6.79. The molecule has 2 fully saturated rings. The molecule has 0 bridgehead atoms. The van der Waals surface area contributed by atoms with Crippen molar-refractivity contribution in [3.8, 4) is 5.75 Å². The molecular weight excluding hydrogens is 410 g/mol. The van der Waals surface area contributed by atoms with E-state index in [2.05, 4.69) is 32.3 Å². The number of hydrogen-bond acceptors (Lipinski definition) is 8. The number of amides is 2. The van der Waals surface area contributed by atoms with E-state index in [4.69, 9.17) is 10.5 Å². The zero-order chi connectivity index (χ0) is 22.6. The summed E-state index contributed by atoms with van der Waals surface area (Å²) >= 11 is 0. The summed E-state index contributed by atoms with van der Waals surface area (Å²) in [5.41, 5.74) is 11.8. The lowest BCUT2D eigenvalue weighted by atomic mass is 10.0. The van der Waals surface area contributed by atoms with E-state index in [9.17, 15) is 4.79 Å². The van der Waals surface area contributed by atoms with E-state index in [0.717, 1.165) is 28.2 Å². The van der Waals surface area contributed by atoms with Crippen LogP contribution in [0.4, 0.5) is 22.2 Å². The Kier molecular flexibility index (Phi) is 4.77. The van der Waals surface area contributed by atoms with Gasteiger partial charge in [0.05, 0.1) is 30.4 Å². The van der Waals surface area contributed by atoms with Gasteiger partial charge in [-0.2, -0.15) is 15.1 Å². The van der Waals surface area contributed by atoms with Gasteiger partial charge >= 0.3 is 6.03 Å². The van der Waals surface area contributed by atoms with E-state index < -0.39 is 0 Å². The molecule has 5 rings (SSSR count). The van der Waals surface area contributed by atoms with Crippen LogP contribution >= 0.6 is 0 Å². The molecule has 2 atom stereocenters. The number of piperazine rings is 1. The maximum Gasteiger partial charge on any atom is 0.339 e. The summed E-state index contributed by atoms with van der Waals surface area (Å²) in [5.74, 6) is 1.77. The third-order valence-corrected chi connectivity index (χ3v) is 6.29. The van der Waals surface area contributed by atoms with Crippen LogP contribution in [0.1, 0.15) is 12.5 Å². The van der Waals surface area contributed by atoms with E-state index in [-0.39, 0.29) is 24.1 Å². The molecule has 3 aromatic rings. The van der Waals surface area contributed by atoms with Gasteiger partial charge in [-0.3, -0.25) is 4.68 Å². The first-order chi connectivity index (χ1) is 15.4. The molecule has 0 saturated carbocycles. The van der Waals surface area contributed by atoms with Gasteiger partial charge in [0.25, 0.3) is 0 Å². The van der Waals surface area contributed by atoms with E-state index in [1.807, 2.05) is 37.1 Å². The van der Waals surface area contributed by atoms with E-state index in [0.29, 0.717) is 25.3 Å². The normalized spacial score (nSPS) is 21.2. The van der Waals surface area contributed by atoms with Crippen LogP contribution in [0.5, 0.6) is 5.75 Å². The van der Waals surface area contributed by atoms with Gasteiger partial charge in [0, 0.05) is 32.7 Å². The molecule has 2 aliphatic heterocycles. The SMILES string of the molecule is COc1ccc(N2N[C@@H](C)[C@@H]3CN(c4nc(N)nc5c4cnn5C)CCN3C2=O)cc1C. The molecule has 4 heterocycles. The molecule has 2 aliphatic rings. The predicted octanol–water partition coefficient (Wildman–Crippen LogP) is 1.29. The van der Waals surface area contributed by atoms with Crippen LogP contribution in [-0.2, 0) is 7.05 Å². The first-order valence-electron chi connectivity index (χ1n) is 10.6. The quantitative estimate of drug-likeness (QED) is 0.629. The number of aromatic nitrogens is 4. The minimum atomic E-state index is -0.0638. The van der Waals surface area contributed by atoms with Gasteiger partial charge in [-0.15, -0.1) is 0 Å². The van der Waals surface area contributed by atoms with Crippen LogP contribution in [0.15, 0.2) is 24.4 Å². The number of urea groups is 1. The van der Waals surface area contributed by atoms with Crippen molar-refractivity contribution < 1.29 is 9.53 Å². The fraction of sp³-hybridized carbons (Fsp3) is 0.429. The molecule has 0 unspecified atom stereocenters. The Bertz CT molecular complexity index is 1190. The van der Waals surface area contributed by atoms with Crippen molar-refractivity contribution in [3.05, 3.63) is 30.0 Å². The van der Waals surface area contributed by atoms with Crippen LogP contribution < -0.4 is 25.8 Å². The second-order valence-corrected chi connectivity index (χ2v) is 8.31. The molecule has 168 valence electrons. The van der Waals surface area contributed by atoms with E-state index >= 15 is 0 Å². The van der Waals surface area contributed by atoms with Crippen molar-refractivity contribution in [2.45, 2.75) is 25.9 Å². The Balaban J connectivity index is 1.41. The maximum atomic E-state index is 13.4. The Morgan fingerprint density at radius 2 is 2.06 bits per heavy atom. The number of ether oxygens (including phenoxy) is 1. The number of nitrogens with zero attached hydrogens (tertiary/aromatic N) is 7. The third kappa shape index (κ3) is 3.16. The minimum Gasteiger partial charge on any atom is -0.496 e. The number of benzene rings is 1. The minimum absolute atomic E-state index is 0.0187. The number of carbonyl (C=O) groups excluding carboxylic acids is 1. The maximum absolute atomic E-state index is 13.4. The highest BCUT2D eigenvalue weighted by Crippen LogP contribution is 2.31. The number of anilines is 3. The van der Waals surface area contributed by atoms with Gasteiger partial charge in [-0.25, -0.2) is 15.2 Å². The highest BCUT2D eigenvalue weighted by atomic mass is 16.5. The number of aryl methyl sites for hydroxylation is 2. The van der Waals surface area contributed by atoms with Gasteiger partial charge in [0.1, 0.15) is 11.6 Å². The smallest absolute Gasteiger partial charge is 0.339 e. The predicted molar refractivity (Wildman–Crippen MR) is 122 cm³/mol. The summed E-state index contributed by atoms with van der Waals surface area (Å²) in [6.07, 6.45) is 1.76. The Labute approximate surface area is 185 Å². The number of fused-ring (bicyclic) bond motifs is 2. The Hall–Kier alpha value is -3.60. The fourth-order valence-corrected chi connectivity index (χ4v) is 4.59. The molecule has 0 spiro atoms. The second kappa shape index (κ2) is 7.52. The lowest BCUT2D eigenvalue weighted by Gasteiger charge is -2.50. The van der Waals surface area contributed by atoms with Crippen molar-refractivity contribution in [1.29, 1.82) is 0 Å². The van der Waals surface area contributed by atoms with Crippen molar-refractivity contribution in [2.24, 2.45) is 7.05 Å². The Morgan fingerprint density at radius 1 is 1.25 bits per heavy atom. The van der Waals surface area contributed by atoms with Gasteiger partial charge in [0.15, 0.2) is 5.65 Å². The third-order valence-electron chi connectivity index (χ3n) is 6.29. The van der Waals surface area contributed by atoms with Crippen LogP contribution in [0.25, 0.3) is 11.0 Å². The van der Waals surface area contributed by atoms with Gasteiger partial charge in [-0.05, 0) is 37.6 Å². The lowest BCUT2D eigenvalue weighted by Crippen LogP contribution is -2.72. The first-order valence-corrected chi connectivity index (χ1v) is 10.6. The molecule has 2 saturated heterocycles. The summed E-state index contributed by atoms with van der Waals surface area (Å²) in [6.45, 7) is 5.91. The average molecular weight is 438 g/mol. The molecule has 11 nitrogen and oxygen atoms in total. The van der Waals surface area contributed by atoms with Gasteiger partial charge in [0.2, 0.25) is 5.95 Å². The number of nitrogens with two attached hydrogens (primary N) is 1. The molecule has 2 aromatic heterocycles. The highest BCUT2D eigenvalue weighted by Gasteiger charge is 2.42. The monoisotopic (exact) mass is 437 g/mol. The molecule has 2 amide bonds. The second-order valence-electron chi connectivity index (χ2n) is 8.31. The number of hydrazine groups is 1. The van der Waals surface area contributed by atoms with E-state index in [1.165, 1.54) is 0 Å². The topological polar surface area (TPSA) is 118 Å². The largest absolute Gasteiger partial charge is 0.496 e. The van der Waals surface area contributed by atoms with Crippen LogP contribution in [0.3, 0.4) is 0 Å². The number of nitrogens with one attached hydrogen (secondary N) is 1. The number of nitrogen functional groups attached to an aromatic ring is 1. The first kappa shape index (κ1) is 20.3. The highest BCUT2D eigenvalue weighted by molar-refractivity contribution is 5.93. The van der Waals surface area contributed by atoms with Gasteiger partial charge in [-0.1, -0.05) is 0 Å². The Morgan fingerprint density at radius 3 is 2.81 bits per heavy atom. The number of carbonyl (C=O) groups is 1. The standard InChI is InChI=1S/C21H27N9O2/c1-12-9-14(5-6-17(12)32-4)30-21(31)29-8-7-28(11-16(29)13(2)26-30)19-15-10-23-27(3)18(15)24-20(22)25-19/h5-6,9-10,13,16,26H,7-8,11H2,1-4H3,(H2,22,24,25)/t13-,16-/m0/s1. The number of hydrogen-bond donors (Lipinski definition) is 2. The fourth-order valence-electron chi connectivity index (χ4n) is 4.59. The van der Waals surface area contributed by atoms with Gasteiger partial charge < -0.3 is 20.3 Å². The number of rotatable bonds is 3. The van der Waals surface area contributed by atoms with Crippen LogP contribution in [-0.4, -0.2) is 69.5 Å². The average Bonchev–Trinajstić information content (AvgIpc) is 3.15. The summed E-state index contributed by atoms with van der Waals surface area (Å²) < 4.78 is 7.04. The summed E-state index contributed by atoms with van der Waals surface area (Å²) in [7, 11) is 3.47. The zero-order valence-corrected chi connectivity index (χ0v) is 18.6. The molecule has 1 aromatic carbocycles. The van der Waals surface area contributed by atoms with E-state index in [1.54, 1.807) is 23.0 Å². The zero-order valence-electron chi connectivity index (χ0n) is 18.6. The molecular formula is C21H27N9O2. The molecule has 3 N–H and O–H groups in total. The summed E-state index contributed by atoms with van der Waals surface area (Å²) in [4.78, 5) is 26.3. The lowest BCUT2D eigenvalue weighted by molar-refractivity contribution is 0.129. The molecule has 0 aliphatic carbocycles. The number of methoxy groups -OCH3 is 1. The summed E-state index contributed by atoms with van der Waals surface area (Å²) in [6, 6.07) is 5.67. The van der Waals surface area contributed by atoms with Crippen LogP contribution in [0, 0.1) is 6.92 Å². The molecule has 0 radical (unpaired) electrons. The van der Waals surface area contributed by atoms with Crippen molar-refractivity contribution in [3.63, 3.8) is 0 Å². The van der Waals surface area contributed by atoms with Crippen molar-refractivity contribution in [1.82, 2.24) is 30.1 Å². The van der Waals surface area contributed by atoms with Crippen molar-refractivity contribution >= 4 is 34.5 Å². The molecule has 11 heteroatoms. The van der Waals surface area contributed by atoms with Crippen LogP contribution in [0.2, 0.25) is 0 Å². The molecule has 32 heavy (non-hydrogen) atoms.